The molecule has 21 heavy (non-hydrogen) atoms. The Morgan fingerprint density at radius 3 is 2.62 bits per heavy atom. The number of aryl methyl sites for hydroxylation is 1. The zero-order valence-corrected chi connectivity index (χ0v) is 13.6. The Morgan fingerprint density at radius 1 is 1.14 bits per heavy atom. The van der Waals surface area contributed by atoms with Crippen LogP contribution in [0.5, 0.6) is 0 Å². The van der Waals surface area contributed by atoms with Gasteiger partial charge in [0.05, 0.1) is 0 Å². The number of aromatic nitrogens is 1. The third-order valence-electron chi connectivity index (χ3n) is 3.39. The SMILES string of the molecule is CNC(=O)c1cccc2[nH]cc([Se]c3ccc(C)cc3)c12. The summed E-state index contributed by atoms with van der Waals surface area (Å²) in [5.74, 6) is -0.0406. The van der Waals surface area contributed by atoms with E-state index < -0.39 is 0 Å². The monoisotopic (exact) mass is 344 g/mol. The van der Waals surface area contributed by atoms with Crippen molar-refractivity contribution in [3.8, 4) is 0 Å². The zero-order valence-electron chi connectivity index (χ0n) is 11.9. The van der Waals surface area contributed by atoms with Gasteiger partial charge in [-0.3, -0.25) is 0 Å². The molecule has 2 N–H and O–H groups in total. The first kappa shape index (κ1) is 13.9. The molecule has 0 spiro atoms. The van der Waals surface area contributed by atoms with Gasteiger partial charge < -0.3 is 0 Å². The van der Waals surface area contributed by atoms with Crippen molar-refractivity contribution < 1.29 is 4.79 Å². The third-order valence-corrected chi connectivity index (χ3v) is 5.59. The van der Waals surface area contributed by atoms with E-state index in [1.807, 2.05) is 24.4 Å². The maximum atomic E-state index is 12.1. The molecule has 3 aromatic rings. The van der Waals surface area contributed by atoms with Crippen LogP contribution in [-0.4, -0.2) is 32.9 Å². The molecule has 0 unspecified atom stereocenters. The number of hydrogen-bond acceptors (Lipinski definition) is 1. The number of H-pyrrole nitrogens is 1. The van der Waals surface area contributed by atoms with Gasteiger partial charge in [0, 0.05) is 0 Å². The van der Waals surface area contributed by atoms with Gasteiger partial charge in [0.25, 0.3) is 0 Å². The van der Waals surface area contributed by atoms with Crippen molar-refractivity contribution in [1.29, 1.82) is 0 Å². The van der Waals surface area contributed by atoms with Gasteiger partial charge in [0.15, 0.2) is 0 Å². The molecule has 106 valence electrons. The summed E-state index contributed by atoms with van der Waals surface area (Å²) in [5.41, 5.74) is 3.01. The number of aromatic amines is 1. The second-order valence-electron chi connectivity index (χ2n) is 4.88. The van der Waals surface area contributed by atoms with Crippen LogP contribution in [0.1, 0.15) is 15.9 Å². The van der Waals surface area contributed by atoms with Crippen LogP contribution in [0.25, 0.3) is 10.9 Å². The molecule has 0 fully saturated rings. The van der Waals surface area contributed by atoms with Gasteiger partial charge in [-0.2, -0.15) is 0 Å². The van der Waals surface area contributed by atoms with E-state index in [1.165, 1.54) is 14.5 Å². The molecule has 1 heterocycles. The second kappa shape index (κ2) is 5.76. The molecule has 0 saturated heterocycles. The Kier molecular flexibility index (Phi) is 3.82. The van der Waals surface area contributed by atoms with Crippen LogP contribution in [0.2, 0.25) is 0 Å². The van der Waals surface area contributed by atoms with Gasteiger partial charge >= 0.3 is 130 Å². The first-order valence-electron chi connectivity index (χ1n) is 6.76. The molecule has 0 aliphatic carbocycles. The standard InChI is InChI=1S/C17H16N2OSe/c1-11-6-8-12(9-7-11)21-15-10-19-14-5-3-4-13(16(14)15)17(20)18-2/h3-10,19H,1-2H3,(H,18,20). The van der Waals surface area contributed by atoms with E-state index in [2.05, 4.69) is 41.5 Å². The Balaban J connectivity index is 2.06. The maximum absolute atomic E-state index is 12.1. The second-order valence-corrected chi connectivity index (χ2v) is 7.22. The minimum atomic E-state index is -0.0406. The Morgan fingerprint density at radius 2 is 1.90 bits per heavy atom. The van der Waals surface area contributed by atoms with Crippen LogP contribution in [0.4, 0.5) is 0 Å². The number of benzene rings is 2. The molecule has 0 radical (unpaired) electrons. The quantitative estimate of drug-likeness (QED) is 0.696. The molecule has 0 bridgehead atoms. The number of carbonyl (C=O) groups is 1. The number of amides is 1. The number of carbonyl (C=O) groups excluding carboxylic acids is 1. The predicted octanol–water partition coefficient (Wildman–Crippen LogP) is 1.49. The van der Waals surface area contributed by atoms with Gasteiger partial charge in [-0.1, -0.05) is 0 Å². The molecule has 1 amide bonds. The molecule has 2 aromatic carbocycles. The molecule has 4 heteroatoms. The van der Waals surface area contributed by atoms with Crippen molar-refractivity contribution in [2.75, 3.05) is 7.05 Å². The van der Waals surface area contributed by atoms with Crippen LogP contribution in [-0.2, 0) is 0 Å². The third kappa shape index (κ3) is 2.73. The Labute approximate surface area is 129 Å². The number of rotatable bonds is 3. The normalized spacial score (nSPS) is 10.8. The number of fused-ring (bicyclic) bond motifs is 1. The fourth-order valence-electron chi connectivity index (χ4n) is 2.29. The molecule has 0 saturated carbocycles. The van der Waals surface area contributed by atoms with Crippen molar-refractivity contribution in [3.05, 3.63) is 59.8 Å². The number of hydrogen-bond donors (Lipinski definition) is 2. The molecule has 3 rings (SSSR count). The molecule has 0 aliphatic heterocycles. The summed E-state index contributed by atoms with van der Waals surface area (Å²) in [6.07, 6.45) is 2.02. The summed E-state index contributed by atoms with van der Waals surface area (Å²) in [7, 11) is 1.67. The summed E-state index contributed by atoms with van der Waals surface area (Å²) in [6, 6.07) is 14.4. The fraction of sp³-hybridized carbons (Fsp3) is 0.118. The van der Waals surface area contributed by atoms with E-state index in [0.29, 0.717) is 0 Å². The summed E-state index contributed by atoms with van der Waals surface area (Å²) < 4.78 is 2.52. The van der Waals surface area contributed by atoms with Crippen LogP contribution in [0, 0.1) is 6.92 Å². The molecule has 3 nitrogen and oxygen atoms in total. The molecule has 0 aliphatic rings. The van der Waals surface area contributed by atoms with Crippen LogP contribution >= 0.6 is 0 Å². The van der Waals surface area contributed by atoms with Gasteiger partial charge in [-0.05, 0) is 0 Å². The van der Waals surface area contributed by atoms with Crippen LogP contribution in [0.3, 0.4) is 0 Å². The average Bonchev–Trinajstić information content (AvgIpc) is 2.92. The van der Waals surface area contributed by atoms with Gasteiger partial charge in [0.1, 0.15) is 0 Å². The van der Waals surface area contributed by atoms with Crippen molar-refractivity contribution in [2.45, 2.75) is 6.92 Å². The summed E-state index contributed by atoms with van der Waals surface area (Å²) in [4.78, 5) is 15.3. The van der Waals surface area contributed by atoms with Crippen LogP contribution < -0.4 is 14.2 Å². The molecule has 1 aromatic heterocycles. The molecular weight excluding hydrogens is 327 g/mol. The van der Waals surface area contributed by atoms with Crippen molar-refractivity contribution >= 4 is 40.7 Å². The van der Waals surface area contributed by atoms with Gasteiger partial charge in [0.2, 0.25) is 0 Å². The van der Waals surface area contributed by atoms with E-state index in [9.17, 15) is 4.79 Å². The summed E-state index contributed by atoms with van der Waals surface area (Å²) in [5, 5.41) is 3.76. The topological polar surface area (TPSA) is 44.9 Å². The Hall–Kier alpha value is -2.03. The van der Waals surface area contributed by atoms with E-state index in [4.69, 9.17) is 0 Å². The van der Waals surface area contributed by atoms with E-state index >= 15 is 0 Å². The number of nitrogens with one attached hydrogen (secondary N) is 2. The van der Waals surface area contributed by atoms with Crippen molar-refractivity contribution in [3.63, 3.8) is 0 Å². The first-order chi connectivity index (χ1) is 10.2. The summed E-state index contributed by atoms with van der Waals surface area (Å²) >= 11 is 0.177. The average molecular weight is 343 g/mol. The minimum absolute atomic E-state index is 0.0406. The predicted molar refractivity (Wildman–Crippen MR) is 87.9 cm³/mol. The molecule has 0 atom stereocenters. The van der Waals surface area contributed by atoms with E-state index in [0.717, 1.165) is 16.5 Å². The van der Waals surface area contributed by atoms with Gasteiger partial charge in [-0.25, -0.2) is 0 Å². The summed E-state index contributed by atoms with van der Waals surface area (Å²) in [6.45, 7) is 2.09. The van der Waals surface area contributed by atoms with Gasteiger partial charge in [-0.15, -0.1) is 0 Å². The van der Waals surface area contributed by atoms with Crippen LogP contribution in [0.15, 0.2) is 48.7 Å². The zero-order chi connectivity index (χ0) is 14.8. The first-order valence-corrected chi connectivity index (χ1v) is 8.47. The van der Waals surface area contributed by atoms with E-state index in [-0.39, 0.29) is 20.9 Å². The molecular formula is C17H16N2OSe. The van der Waals surface area contributed by atoms with E-state index in [1.54, 1.807) is 7.05 Å². The fourth-order valence-corrected chi connectivity index (χ4v) is 4.32. The Bertz CT molecular complexity index is 790. The van der Waals surface area contributed by atoms with Crippen molar-refractivity contribution in [1.82, 2.24) is 10.3 Å². The van der Waals surface area contributed by atoms with Crippen molar-refractivity contribution in [2.24, 2.45) is 0 Å².